The molecule has 0 aliphatic heterocycles. The van der Waals surface area contributed by atoms with Crippen molar-refractivity contribution in [1.82, 2.24) is 0 Å². The van der Waals surface area contributed by atoms with Crippen LogP contribution in [0.4, 0.5) is 0 Å². The summed E-state index contributed by atoms with van der Waals surface area (Å²) in [4.78, 5) is 0. The summed E-state index contributed by atoms with van der Waals surface area (Å²) in [6, 6.07) is 30.8. The number of hydrogen-bond acceptors (Lipinski definition) is 4. The van der Waals surface area contributed by atoms with Crippen molar-refractivity contribution in [2.75, 3.05) is 12.9 Å². The fourth-order valence-electron chi connectivity index (χ4n) is 4.04. The topological polar surface area (TPSA) is 52.6 Å². The fraction of sp³-hybridized carbons (Fsp3) is 0.280. The first-order valence-electron chi connectivity index (χ1n) is 10.0. The molecule has 5 heteroatoms. The largest absolute Gasteiger partial charge is 0.374 e. The maximum absolute atomic E-state index is 11.5. The van der Waals surface area contributed by atoms with Gasteiger partial charge in [-0.2, -0.15) is 8.42 Å². The second-order valence-corrected chi connectivity index (χ2v) is 9.09. The highest BCUT2D eigenvalue weighted by Crippen LogP contribution is 2.43. The molecule has 3 rings (SSSR count). The summed E-state index contributed by atoms with van der Waals surface area (Å²) in [6.45, 7) is 3.88. The lowest BCUT2D eigenvalue weighted by Gasteiger charge is -2.41. The van der Waals surface area contributed by atoms with Crippen LogP contribution < -0.4 is 0 Å². The number of rotatable bonds is 9. The van der Waals surface area contributed by atoms with E-state index in [4.69, 9.17) is 8.92 Å². The third kappa shape index (κ3) is 4.98. The monoisotopic (exact) mass is 424 g/mol. The Bertz CT molecular complexity index is 922. The molecule has 0 aliphatic carbocycles. The van der Waals surface area contributed by atoms with Gasteiger partial charge in [0.25, 0.3) is 10.1 Å². The molecule has 0 radical (unpaired) electrons. The molecular weight excluding hydrogens is 396 g/mol. The van der Waals surface area contributed by atoms with Gasteiger partial charge in [0, 0.05) is 0 Å². The van der Waals surface area contributed by atoms with E-state index in [1.807, 2.05) is 61.5 Å². The molecule has 3 aromatic carbocycles. The average Bonchev–Trinajstić information content (AvgIpc) is 2.74. The van der Waals surface area contributed by atoms with Crippen LogP contribution in [-0.4, -0.2) is 33.5 Å². The van der Waals surface area contributed by atoms with E-state index in [0.717, 1.165) is 22.9 Å². The van der Waals surface area contributed by atoms with Crippen molar-refractivity contribution >= 4 is 10.1 Å². The predicted molar refractivity (Wildman–Crippen MR) is 120 cm³/mol. The molecule has 3 aromatic rings. The lowest BCUT2D eigenvalue weighted by molar-refractivity contribution is -0.00607. The molecule has 0 bridgehead atoms. The highest BCUT2D eigenvalue weighted by molar-refractivity contribution is 7.86. The van der Waals surface area contributed by atoms with Crippen molar-refractivity contribution in [2.45, 2.75) is 31.5 Å². The van der Waals surface area contributed by atoms with Gasteiger partial charge in [-0.05, 0) is 30.5 Å². The molecule has 158 valence electrons. The molecule has 30 heavy (non-hydrogen) atoms. The molecular formula is C25H28O4S. The van der Waals surface area contributed by atoms with Crippen LogP contribution in [0.2, 0.25) is 0 Å². The predicted octanol–water partition coefficient (Wildman–Crippen LogP) is 4.79. The Kier molecular flexibility index (Phi) is 7.08. The number of benzene rings is 3. The molecule has 0 spiro atoms. The summed E-state index contributed by atoms with van der Waals surface area (Å²) in [5, 5.41) is 0. The van der Waals surface area contributed by atoms with Gasteiger partial charge in [0.05, 0.1) is 30.5 Å². The Balaban J connectivity index is 2.09. The van der Waals surface area contributed by atoms with E-state index in [0.29, 0.717) is 0 Å². The first-order valence-corrected chi connectivity index (χ1v) is 11.8. The van der Waals surface area contributed by atoms with Gasteiger partial charge in [0.15, 0.2) is 0 Å². The minimum absolute atomic E-state index is 0.155. The maximum Gasteiger partial charge on any atom is 0.264 e. The van der Waals surface area contributed by atoms with Crippen LogP contribution in [0.3, 0.4) is 0 Å². The standard InChI is InChI=1S/C25H28O4S/c1-20(29-30(3,26)27)19-28-21(2)25(22-13-7-4-8-14-22,23-15-9-5-10-16-23)24-17-11-6-12-18-24/h4-18,20-21H,19H2,1-3H3. The zero-order chi connectivity index (χ0) is 21.6. The first kappa shape index (κ1) is 22.2. The van der Waals surface area contributed by atoms with Crippen LogP contribution in [0, 0.1) is 0 Å². The van der Waals surface area contributed by atoms with Crippen LogP contribution in [0.25, 0.3) is 0 Å². The summed E-state index contributed by atoms with van der Waals surface area (Å²) in [5.74, 6) is 0. The fourth-order valence-corrected chi connectivity index (χ4v) is 4.69. The molecule has 0 saturated carbocycles. The SMILES string of the molecule is CC(COC(C)C(c1ccccc1)(c1ccccc1)c1ccccc1)OS(C)(=O)=O. The van der Waals surface area contributed by atoms with Gasteiger partial charge in [0.1, 0.15) is 0 Å². The molecule has 0 saturated heterocycles. The summed E-state index contributed by atoms with van der Waals surface area (Å²) in [5.41, 5.74) is 2.74. The Labute approximate surface area is 179 Å². The smallest absolute Gasteiger partial charge is 0.264 e. The molecule has 0 aromatic heterocycles. The van der Waals surface area contributed by atoms with Gasteiger partial charge in [-0.3, -0.25) is 4.18 Å². The van der Waals surface area contributed by atoms with Gasteiger partial charge in [-0.25, -0.2) is 0 Å². The molecule has 0 amide bonds. The van der Waals surface area contributed by atoms with E-state index >= 15 is 0 Å². The molecule has 0 aliphatic rings. The van der Waals surface area contributed by atoms with Gasteiger partial charge in [-0.1, -0.05) is 91.0 Å². The molecule has 0 N–H and O–H groups in total. The third-order valence-corrected chi connectivity index (χ3v) is 5.90. The lowest BCUT2D eigenvalue weighted by atomic mass is 9.66. The first-order chi connectivity index (χ1) is 14.3. The second kappa shape index (κ2) is 9.56. The van der Waals surface area contributed by atoms with Crippen molar-refractivity contribution in [1.29, 1.82) is 0 Å². The van der Waals surface area contributed by atoms with Gasteiger partial charge in [0.2, 0.25) is 0 Å². The quantitative estimate of drug-likeness (QED) is 0.366. The molecule has 0 fully saturated rings. The van der Waals surface area contributed by atoms with E-state index in [1.165, 1.54) is 0 Å². The Morgan fingerprint density at radius 3 is 1.43 bits per heavy atom. The zero-order valence-electron chi connectivity index (χ0n) is 17.6. The van der Waals surface area contributed by atoms with E-state index < -0.39 is 21.6 Å². The third-order valence-electron chi connectivity index (χ3n) is 5.22. The number of ether oxygens (including phenoxy) is 1. The van der Waals surface area contributed by atoms with E-state index in [9.17, 15) is 8.42 Å². The van der Waals surface area contributed by atoms with E-state index in [2.05, 4.69) is 36.4 Å². The maximum atomic E-state index is 11.5. The minimum Gasteiger partial charge on any atom is -0.374 e. The molecule has 0 heterocycles. The van der Waals surface area contributed by atoms with Crippen molar-refractivity contribution in [3.8, 4) is 0 Å². The second-order valence-electron chi connectivity index (χ2n) is 7.49. The van der Waals surface area contributed by atoms with Crippen molar-refractivity contribution < 1.29 is 17.3 Å². The van der Waals surface area contributed by atoms with Gasteiger partial charge in [-0.15, -0.1) is 0 Å². The van der Waals surface area contributed by atoms with Gasteiger partial charge >= 0.3 is 0 Å². The average molecular weight is 425 g/mol. The molecule has 2 unspecified atom stereocenters. The van der Waals surface area contributed by atoms with Crippen LogP contribution in [0.5, 0.6) is 0 Å². The van der Waals surface area contributed by atoms with Crippen LogP contribution in [-0.2, 0) is 24.5 Å². The van der Waals surface area contributed by atoms with Crippen LogP contribution in [0.15, 0.2) is 91.0 Å². The highest BCUT2D eigenvalue weighted by atomic mass is 32.2. The molecule has 2 atom stereocenters. The lowest BCUT2D eigenvalue weighted by Crippen LogP contribution is -2.43. The Hall–Kier alpha value is -2.47. The normalized spacial score (nSPS) is 14.2. The Morgan fingerprint density at radius 2 is 1.10 bits per heavy atom. The van der Waals surface area contributed by atoms with Gasteiger partial charge < -0.3 is 4.74 Å². The molecule has 4 nitrogen and oxygen atoms in total. The van der Waals surface area contributed by atoms with Crippen molar-refractivity contribution in [2.24, 2.45) is 0 Å². The highest BCUT2D eigenvalue weighted by Gasteiger charge is 2.42. The Morgan fingerprint density at radius 1 is 0.733 bits per heavy atom. The van der Waals surface area contributed by atoms with Crippen molar-refractivity contribution in [3.05, 3.63) is 108 Å². The van der Waals surface area contributed by atoms with E-state index in [1.54, 1.807) is 6.92 Å². The summed E-state index contributed by atoms with van der Waals surface area (Å²) >= 11 is 0. The van der Waals surface area contributed by atoms with E-state index in [-0.39, 0.29) is 12.7 Å². The zero-order valence-corrected chi connectivity index (χ0v) is 18.4. The summed E-state index contributed by atoms with van der Waals surface area (Å²) in [6.07, 6.45) is 0.174. The van der Waals surface area contributed by atoms with Crippen molar-refractivity contribution in [3.63, 3.8) is 0 Å². The summed E-state index contributed by atoms with van der Waals surface area (Å²) in [7, 11) is -3.54. The van der Waals surface area contributed by atoms with Crippen LogP contribution in [0.1, 0.15) is 30.5 Å². The summed E-state index contributed by atoms with van der Waals surface area (Å²) < 4.78 is 34.3. The minimum atomic E-state index is -3.54. The van der Waals surface area contributed by atoms with Crippen LogP contribution >= 0.6 is 0 Å². The number of hydrogen-bond donors (Lipinski definition) is 0.